The number of benzene rings is 2. The lowest BCUT2D eigenvalue weighted by Crippen LogP contribution is -2.26. The van der Waals surface area contributed by atoms with E-state index in [0.717, 1.165) is 52.7 Å². The van der Waals surface area contributed by atoms with Crippen LogP contribution in [0.15, 0.2) is 103 Å². The van der Waals surface area contributed by atoms with Crippen LogP contribution >= 0.6 is 11.3 Å². The number of nitrogens with two attached hydrogens (primary N) is 1. The maximum absolute atomic E-state index is 12.9. The summed E-state index contributed by atoms with van der Waals surface area (Å²) >= 11 is 1.46. The minimum absolute atomic E-state index is 0.269. The summed E-state index contributed by atoms with van der Waals surface area (Å²) in [5.74, 6) is 0.786. The van der Waals surface area contributed by atoms with Gasteiger partial charge in [-0.05, 0) is 78.4 Å². The number of nitrogens with one attached hydrogen (secondary N) is 3. The SMILES string of the molecule is NC(C(=O)Nc1cccc(-c2nc3ccccn3c2-c2ccnc(Nc3ccc(C4CCNC4)cc3)n2)c1)c1cccs1. The molecule has 6 aromatic rings. The first-order chi connectivity index (χ1) is 21.1. The highest BCUT2D eigenvalue weighted by Gasteiger charge is 2.20. The summed E-state index contributed by atoms with van der Waals surface area (Å²) in [7, 11) is 0. The third-order valence-corrected chi connectivity index (χ3v) is 8.62. The number of nitrogens with zero attached hydrogens (tertiary/aromatic N) is 4. The second kappa shape index (κ2) is 11.8. The van der Waals surface area contributed by atoms with E-state index in [4.69, 9.17) is 15.7 Å². The number of fused-ring (bicyclic) bond motifs is 1. The molecule has 43 heavy (non-hydrogen) atoms. The van der Waals surface area contributed by atoms with Crippen molar-refractivity contribution in [2.45, 2.75) is 18.4 Å². The van der Waals surface area contributed by atoms with Crippen molar-refractivity contribution in [3.05, 3.63) is 113 Å². The van der Waals surface area contributed by atoms with E-state index in [9.17, 15) is 4.79 Å². The molecule has 1 saturated heterocycles. The lowest BCUT2D eigenvalue weighted by atomic mass is 9.98. The molecule has 10 heteroatoms. The molecule has 7 rings (SSSR count). The average molecular weight is 587 g/mol. The molecule has 4 aromatic heterocycles. The summed E-state index contributed by atoms with van der Waals surface area (Å²) in [6.07, 6.45) is 4.88. The van der Waals surface area contributed by atoms with E-state index < -0.39 is 6.04 Å². The Labute approximate surface area is 252 Å². The number of carbonyl (C=O) groups is 1. The van der Waals surface area contributed by atoms with Gasteiger partial charge in [0.25, 0.3) is 0 Å². The summed E-state index contributed by atoms with van der Waals surface area (Å²) in [5.41, 5.74) is 13.0. The third-order valence-electron chi connectivity index (χ3n) is 7.66. The molecule has 2 atom stereocenters. The van der Waals surface area contributed by atoms with E-state index in [1.807, 2.05) is 76.6 Å². The van der Waals surface area contributed by atoms with Gasteiger partial charge in [-0.25, -0.2) is 15.0 Å². The fourth-order valence-electron chi connectivity index (χ4n) is 5.46. The van der Waals surface area contributed by atoms with E-state index >= 15 is 0 Å². The van der Waals surface area contributed by atoms with Crippen molar-refractivity contribution in [3.63, 3.8) is 0 Å². The Kier molecular flexibility index (Phi) is 7.38. The average Bonchev–Trinajstić information content (AvgIpc) is 3.83. The van der Waals surface area contributed by atoms with E-state index in [2.05, 4.69) is 45.2 Å². The van der Waals surface area contributed by atoms with E-state index in [-0.39, 0.29) is 5.91 Å². The monoisotopic (exact) mass is 586 g/mol. The quantitative estimate of drug-likeness (QED) is 0.173. The van der Waals surface area contributed by atoms with Crippen molar-refractivity contribution in [1.29, 1.82) is 0 Å². The van der Waals surface area contributed by atoms with E-state index in [1.54, 1.807) is 6.20 Å². The Morgan fingerprint density at radius 1 is 1.00 bits per heavy atom. The van der Waals surface area contributed by atoms with Crippen molar-refractivity contribution in [1.82, 2.24) is 24.7 Å². The summed E-state index contributed by atoms with van der Waals surface area (Å²) in [5, 5.41) is 11.7. The lowest BCUT2D eigenvalue weighted by molar-refractivity contribution is -0.117. The van der Waals surface area contributed by atoms with E-state index in [0.29, 0.717) is 23.2 Å². The Morgan fingerprint density at radius 3 is 2.72 bits per heavy atom. The van der Waals surface area contributed by atoms with Gasteiger partial charge >= 0.3 is 0 Å². The Balaban J connectivity index is 1.19. The van der Waals surface area contributed by atoms with Crippen LogP contribution in [-0.2, 0) is 4.79 Å². The third kappa shape index (κ3) is 5.63. The molecule has 2 unspecified atom stereocenters. The van der Waals surface area contributed by atoms with Crippen molar-refractivity contribution in [2.24, 2.45) is 5.73 Å². The number of pyridine rings is 1. The van der Waals surface area contributed by atoms with Gasteiger partial charge in [0.1, 0.15) is 11.7 Å². The van der Waals surface area contributed by atoms with Crippen LogP contribution in [0.25, 0.3) is 28.3 Å². The van der Waals surface area contributed by atoms with Crippen LogP contribution in [0.2, 0.25) is 0 Å². The predicted molar refractivity (Wildman–Crippen MR) is 171 cm³/mol. The molecule has 1 aliphatic heterocycles. The first-order valence-electron chi connectivity index (χ1n) is 14.2. The molecular weight excluding hydrogens is 556 g/mol. The largest absolute Gasteiger partial charge is 0.324 e. The summed E-state index contributed by atoms with van der Waals surface area (Å²) in [4.78, 5) is 28.0. The first kappa shape index (κ1) is 27.0. The normalized spacial score (nSPS) is 15.4. The maximum atomic E-state index is 12.9. The zero-order valence-corrected chi connectivity index (χ0v) is 24.1. The van der Waals surface area contributed by atoms with Crippen LogP contribution in [0.5, 0.6) is 0 Å². The van der Waals surface area contributed by atoms with E-state index in [1.165, 1.54) is 16.9 Å². The number of carbonyl (C=O) groups excluding carboxylic acids is 1. The molecule has 214 valence electrons. The number of hydrogen-bond donors (Lipinski definition) is 4. The molecule has 9 nitrogen and oxygen atoms in total. The molecule has 0 aliphatic carbocycles. The van der Waals surface area contributed by atoms with Crippen LogP contribution in [0, 0.1) is 0 Å². The topological polar surface area (TPSA) is 122 Å². The first-order valence-corrected chi connectivity index (χ1v) is 15.1. The predicted octanol–water partition coefficient (Wildman–Crippen LogP) is 5.98. The smallest absolute Gasteiger partial charge is 0.246 e. The highest BCUT2D eigenvalue weighted by molar-refractivity contribution is 7.10. The molecule has 1 aliphatic rings. The number of aromatic nitrogens is 4. The Bertz CT molecular complexity index is 1880. The number of thiophene rings is 1. The zero-order valence-electron chi connectivity index (χ0n) is 23.3. The minimum Gasteiger partial charge on any atom is -0.324 e. The van der Waals surface area contributed by atoms with Crippen molar-refractivity contribution < 1.29 is 4.79 Å². The van der Waals surface area contributed by atoms with Crippen molar-refractivity contribution in [3.8, 4) is 22.6 Å². The van der Waals surface area contributed by atoms with Crippen LogP contribution in [-0.4, -0.2) is 38.3 Å². The molecule has 0 saturated carbocycles. The number of amides is 1. The molecule has 2 aromatic carbocycles. The zero-order chi connectivity index (χ0) is 29.2. The standard InChI is InChI=1S/C33H30N8OS/c34-29(27-7-4-18-43-27)32(42)37-25-6-3-5-22(19-25)30-31(41-17-2-1-8-28(41)40-30)26-14-16-36-33(39-26)38-24-11-9-21(10-12-24)23-13-15-35-20-23/h1-12,14,16-19,23,29,35H,13,15,20,34H2,(H,37,42)(H,36,38,39). The summed E-state index contributed by atoms with van der Waals surface area (Å²) in [6.45, 7) is 2.09. The van der Waals surface area contributed by atoms with Crippen molar-refractivity contribution >= 4 is 40.2 Å². The van der Waals surface area contributed by atoms with Gasteiger partial charge in [0.2, 0.25) is 11.9 Å². The van der Waals surface area contributed by atoms with Gasteiger partial charge in [0, 0.05) is 40.8 Å². The second-order valence-corrected chi connectivity index (χ2v) is 11.5. The van der Waals surface area contributed by atoms with Crippen LogP contribution in [0.1, 0.15) is 28.8 Å². The fraction of sp³-hybridized carbons (Fsp3) is 0.152. The van der Waals surface area contributed by atoms with Gasteiger partial charge in [-0.2, -0.15) is 0 Å². The van der Waals surface area contributed by atoms with Crippen LogP contribution in [0.4, 0.5) is 17.3 Å². The molecule has 5 N–H and O–H groups in total. The molecule has 0 spiro atoms. The van der Waals surface area contributed by atoms with Gasteiger partial charge in [0.05, 0.1) is 17.1 Å². The molecule has 1 fully saturated rings. The summed E-state index contributed by atoms with van der Waals surface area (Å²) in [6, 6.07) is 26.9. The minimum atomic E-state index is -0.739. The number of rotatable bonds is 8. The number of imidazole rings is 1. The Hall–Kier alpha value is -4.90. The highest BCUT2D eigenvalue weighted by Crippen LogP contribution is 2.34. The summed E-state index contributed by atoms with van der Waals surface area (Å²) < 4.78 is 2.02. The fourth-order valence-corrected chi connectivity index (χ4v) is 6.19. The molecule has 0 bridgehead atoms. The lowest BCUT2D eigenvalue weighted by Gasteiger charge is -2.12. The molecule has 1 amide bonds. The molecule has 5 heterocycles. The van der Waals surface area contributed by atoms with Gasteiger partial charge in [-0.3, -0.25) is 9.20 Å². The van der Waals surface area contributed by atoms with Crippen LogP contribution in [0.3, 0.4) is 0 Å². The van der Waals surface area contributed by atoms with Gasteiger partial charge in [-0.1, -0.05) is 36.4 Å². The van der Waals surface area contributed by atoms with Crippen LogP contribution < -0.4 is 21.7 Å². The van der Waals surface area contributed by atoms with Crippen molar-refractivity contribution in [2.75, 3.05) is 23.7 Å². The molecule has 0 radical (unpaired) electrons. The Morgan fingerprint density at radius 2 is 1.91 bits per heavy atom. The molecular formula is C33H30N8OS. The highest BCUT2D eigenvalue weighted by atomic mass is 32.1. The van der Waals surface area contributed by atoms with Gasteiger partial charge < -0.3 is 21.7 Å². The second-order valence-electron chi connectivity index (χ2n) is 10.5. The number of hydrogen-bond acceptors (Lipinski definition) is 8. The van der Waals surface area contributed by atoms with Gasteiger partial charge in [0.15, 0.2) is 0 Å². The van der Waals surface area contributed by atoms with Gasteiger partial charge in [-0.15, -0.1) is 11.3 Å². The number of anilines is 3. The maximum Gasteiger partial charge on any atom is 0.246 e.